The van der Waals surface area contributed by atoms with Crippen LogP contribution in [0.5, 0.6) is 0 Å². The lowest BCUT2D eigenvalue weighted by Gasteiger charge is -2.01. The first-order valence-corrected chi connectivity index (χ1v) is 4.58. The highest BCUT2D eigenvalue weighted by molar-refractivity contribution is 5.63. The molecule has 0 fully saturated rings. The highest BCUT2D eigenvalue weighted by Gasteiger charge is 2.18. The highest BCUT2D eigenvalue weighted by Crippen LogP contribution is 2.26. The molecule has 0 aliphatic rings. The van der Waals surface area contributed by atoms with E-state index in [1.54, 1.807) is 0 Å². The quantitative estimate of drug-likeness (QED) is 0.630. The first kappa shape index (κ1) is 10.9. The number of nitro groups is 1. The third-order valence-corrected chi connectivity index (χ3v) is 2.13. The second-order valence-corrected chi connectivity index (χ2v) is 3.20. The van der Waals surface area contributed by atoms with Gasteiger partial charge in [0.25, 0.3) is 5.56 Å². The van der Waals surface area contributed by atoms with Crippen LogP contribution in [-0.4, -0.2) is 15.1 Å². The zero-order valence-electron chi connectivity index (χ0n) is 8.38. The van der Waals surface area contributed by atoms with Gasteiger partial charge in [0.1, 0.15) is 0 Å². The molecular weight excluding hydrogens is 229 g/mol. The summed E-state index contributed by atoms with van der Waals surface area (Å²) in [6.45, 7) is 0. The van der Waals surface area contributed by atoms with Gasteiger partial charge in [-0.05, 0) is 12.1 Å². The van der Waals surface area contributed by atoms with E-state index >= 15 is 0 Å². The standard InChI is InChI=1S/C10H6FN3O3/c11-10-6(2-1-3-8(10)14(16)17)7-4-5-9(15)13-12-7/h1-5H,(H,13,15). The van der Waals surface area contributed by atoms with Crippen molar-refractivity contribution in [3.63, 3.8) is 0 Å². The number of benzene rings is 1. The van der Waals surface area contributed by atoms with Crippen molar-refractivity contribution in [2.45, 2.75) is 0 Å². The van der Waals surface area contributed by atoms with Crippen molar-refractivity contribution in [3.05, 3.63) is 56.6 Å². The summed E-state index contributed by atoms with van der Waals surface area (Å²) in [4.78, 5) is 20.5. The van der Waals surface area contributed by atoms with Crippen LogP contribution < -0.4 is 5.56 Å². The first-order valence-electron chi connectivity index (χ1n) is 4.58. The van der Waals surface area contributed by atoms with Crippen LogP contribution in [0.3, 0.4) is 0 Å². The van der Waals surface area contributed by atoms with E-state index in [0.29, 0.717) is 0 Å². The molecule has 1 N–H and O–H groups in total. The molecule has 2 aromatic rings. The zero-order valence-corrected chi connectivity index (χ0v) is 8.38. The third-order valence-electron chi connectivity index (χ3n) is 2.13. The minimum Gasteiger partial charge on any atom is -0.268 e. The summed E-state index contributed by atoms with van der Waals surface area (Å²) in [5.74, 6) is -0.975. The zero-order chi connectivity index (χ0) is 12.4. The fraction of sp³-hybridized carbons (Fsp3) is 0. The molecule has 0 aliphatic heterocycles. The summed E-state index contributed by atoms with van der Waals surface area (Å²) in [6, 6.07) is 6.22. The number of nitrogens with one attached hydrogen (secondary N) is 1. The Morgan fingerprint density at radius 3 is 2.65 bits per heavy atom. The molecule has 6 nitrogen and oxygen atoms in total. The molecule has 0 bridgehead atoms. The molecule has 0 radical (unpaired) electrons. The summed E-state index contributed by atoms with van der Waals surface area (Å²) in [5.41, 5.74) is -0.962. The number of aromatic amines is 1. The van der Waals surface area contributed by atoms with Crippen LogP contribution in [0.2, 0.25) is 0 Å². The summed E-state index contributed by atoms with van der Waals surface area (Å²) in [6.07, 6.45) is 0. The Bertz CT molecular complexity index is 618. The minimum atomic E-state index is -0.975. The van der Waals surface area contributed by atoms with E-state index in [1.807, 2.05) is 0 Å². The molecule has 1 heterocycles. The second-order valence-electron chi connectivity index (χ2n) is 3.20. The fourth-order valence-electron chi connectivity index (χ4n) is 1.35. The third kappa shape index (κ3) is 2.03. The summed E-state index contributed by atoms with van der Waals surface area (Å²) < 4.78 is 13.7. The Labute approximate surface area is 93.9 Å². The number of hydrogen-bond donors (Lipinski definition) is 1. The summed E-state index contributed by atoms with van der Waals surface area (Å²) in [7, 11) is 0. The maximum atomic E-state index is 13.7. The maximum absolute atomic E-state index is 13.7. The van der Waals surface area contributed by atoms with Crippen LogP contribution in [0.4, 0.5) is 10.1 Å². The minimum absolute atomic E-state index is 0.0320. The van der Waals surface area contributed by atoms with E-state index in [0.717, 1.165) is 6.07 Å². The number of halogens is 1. The smallest absolute Gasteiger partial charge is 0.268 e. The van der Waals surface area contributed by atoms with Gasteiger partial charge in [-0.2, -0.15) is 9.49 Å². The van der Waals surface area contributed by atoms with Gasteiger partial charge in [0.05, 0.1) is 10.6 Å². The molecule has 1 aromatic carbocycles. The van der Waals surface area contributed by atoms with E-state index in [-0.39, 0.29) is 11.3 Å². The van der Waals surface area contributed by atoms with Crippen LogP contribution >= 0.6 is 0 Å². The predicted molar refractivity (Wildman–Crippen MR) is 56.9 cm³/mol. The average Bonchev–Trinajstić information content (AvgIpc) is 2.30. The van der Waals surface area contributed by atoms with Gasteiger partial charge in [-0.15, -0.1) is 0 Å². The SMILES string of the molecule is O=c1ccc(-c2cccc([N+](=O)[O-])c2F)n[nH]1. The van der Waals surface area contributed by atoms with Gasteiger partial charge in [0.2, 0.25) is 5.82 Å². The Morgan fingerprint density at radius 2 is 2.06 bits per heavy atom. The molecule has 0 spiro atoms. The molecule has 2 rings (SSSR count). The van der Waals surface area contributed by atoms with Crippen LogP contribution in [0.1, 0.15) is 0 Å². The number of aromatic nitrogens is 2. The lowest BCUT2D eigenvalue weighted by atomic mass is 10.1. The highest BCUT2D eigenvalue weighted by atomic mass is 19.1. The molecule has 0 saturated carbocycles. The summed E-state index contributed by atoms with van der Waals surface area (Å²) >= 11 is 0. The van der Waals surface area contributed by atoms with Gasteiger partial charge in [-0.3, -0.25) is 14.9 Å². The molecule has 86 valence electrons. The van der Waals surface area contributed by atoms with E-state index in [4.69, 9.17) is 0 Å². The van der Waals surface area contributed by atoms with Crippen molar-refractivity contribution < 1.29 is 9.31 Å². The first-order chi connectivity index (χ1) is 8.09. The number of hydrogen-bond acceptors (Lipinski definition) is 4. The van der Waals surface area contributed by atoms with Crippen molar-refractivity contribution in [2.24, 2.45) is 0 Å². The number of nitro benzene ring substituents is 1. The van der Waals surface area contributed by atoms with Crippen LogP contribution in [0.15, 0.2) is 35.1 Å². The normalized spacial score (nSPS) is 10.2. The topological polar surface area (TPSA) is 88.9 Å². The van der Waals surface area contributed by atoms with Gasteiger partial charge >= 0.3 is 5.69 Å². The van der Waals surface area contributed by atoms with Crippen molar-refractivity contribution in [1.82, 2.24) is 10.2 Å². The van der Waals surface area contributed by atoms with Crippen LogP contribution in [-0.2, 0) is 0 Å². The molecule has 0 unspecified atom stereocenters. The van der Waals surface area contributed by atoms with E-state index < -0.39 is 22.0 Å². The van der Waals surface area contributed by atoms with Crippen molar-refractivity contribution in [1.29, 1.82) is 0 Å². The molecule has 0 atom stereocenters. The Hall–Kier alpha value is -2.57. The summed E-state index contributed by atoms with van der Waals surface area (Å²) in [5, 5.41) is 16.3. The number of H-pyrrole nitrogens is 1. The van der Waals surface area contributed by atoms with E-state index in [1.165, 1.54) is 24.3 Å². The molecule has 17 heavy (non-hydrogen) atoms. The lowest BCUT2D eigenvalue weighted by molar-refractivity contribution is -0.387. The number of nitrogens with zero attached hydrogens (tertiary/aromatic N) is 2. The molecule has 7 heteroatoms. The maximum Gasteiger partial charge on any atom is 0.305 e. The second kappa shape index (κ2) is 4.12. The monoisotopic (exact) mass is 235 g/mol. The Morgan fingerprint density at radius 1 is 1.29 bits per heavy atom. The molecule has 0 saturated heterocycles. The molecule has 0 aliphatic carbocycles. The predicted octanol–water partition coefficient (Wildman–Crippen LogP) is 1.48. The van der Waals surface area contributed by atoms with Crippen molar-refractivity contribution in [2.75, 3.05) is 0 Å². The van der Waals surface area contributed by atoms with E-state index in [2.05, 4.69) is 10.2 Å². The molecule has 1 aromatic heterocycles. The molecule has 0 amide bonds. The van der Waals surface area contributed by atoms with Crippen LogP contribution in [0, 0.1) is 15.9 Å². The molecular formula is C10H6FN3O3. The van der Waals surface area contributed by atoms with Gasteiger partial charge in [0, 0.05) is 17.7 Å². The number of rotatable bonds is 2. The van der Waals surface area contributed by atoms with Gasteiger partial charge in [-0.25, -0.2) is 5.10 Å². The van der Waals surface area contributed by atoms with Crippen molar-refractivity contribution in [3.8, 4) is 11.3 Å². The average molecular weight is 235 g/mol. The van der Waals surface area contributed by atoms with E-state index in [9.17, 15) is 19.3 Å². The van der Waals surface area contributed by atoms with Crippen molar-refractivity contribution >= 4 is 5.69 Å². The largest absolute Gasteiger partial charge is 0.305 e. The fourth-order valence-corrected chi connectivity index (χ4v) is 1.35. The van der Waals surface area contributed by atoms with Gasteiger partial charge < -0.3 is 0 Å². The Kier molecular flexibility index (Phi) is 2.65. The van der Waals surface area contributed by atoms with Gasteiger partial charge in [0.15, 0.2) is 0 Å². The Balaban J connectivity index is 2.60. The van der Waals surface area contributed by atoms with Crippen LogP contribution in [0.25, 0.3) is 11.3 Å². The lowest BCUT2D eigenvalue weighted by Crippen LogP contribution is -2.06. The van der Waals surface area contributed by atoms with Gasteiger partial charge in [-0.1, -0.05) is 6.07 Å².